The number of likely N-dealkylation sites (N-methyl/N-ethyl adjacent to an activating group) is 1. The molecular formula is C15H23FN2O. The minimum absolute atomic E-state index is 0.248. The SMILES string of the molecule is CC(O)c1cccc(F)c1N1CC(C)N(C)C(C)C1. The highest BCUT2D eigenvalue weighted by molar-refractivity contribution is 5.56. The zero-order valence-electron chi connectivity index (χ0n) is 12.1. The first-order valence-electron chi connectivity index (χ1n) is 6.85. The summed E-state index contributed by atoms with van der Waals surface area (Å²) in [5, 5.41) is 9.84. The van der Waals surface area contributed by atoms with Gasteiger partial charge in [-0.2, -0.15) is 0 Å². The molecule has 1 saturated heterocycles. The Morgan fingerprint density at radius 1 is 1.26 bits per heavy atom. The van der Waals surface area contributed by atoms with Crippen LogP contribution in [0.25, 0.3) is 0 Å². The van der Waals surface area contributed by atoms with Crippen LogP contribution in [0.4, 0.5) is 10.1 Å². The largest absolute Gasteiger partial charge is 0.389 e. The third kappa shape index (κ3) is 2.74. The fourth-order valence-electron chi connectivity index (χ4n) is 2.79. The molecule has 1 N–H and O–H groups in total. The number of anilines is 1. The van der Waals surface area contributed by atoms with Gasteiger partial charge in [0.15, 0.2) is 0 Å². The topological polar surface area (TPSA) is 26.7 Å². The average molecular weight is 266 g/mol. The fourth-order valence-corrected chi connectivity index (χ4v) is 2.79. The summed E-state index contributed by atoms with van der Waals surface area (Å²) in [6, 6.07) is 5.66. The summed E-state index contributed by atoms with van der Waals surface area (Å²) in [6.45, 7) is 7.53. The predicted molar refractivity (Wildman–Crippen MR) is 75.9 cm³/mol. The summed E-state index contributed by atoms with van der Waals surface area (Å²) in [7, 11) is 2.10. The van der Waals surface area contributed by atoms with Crippen molar-refractivity contribution in [3.8, 4) is 0 Å². The van der Waals surface area contributed by atoms with Crippen LogP contribution < -0.4 is 4.90 Å². The second-order valence-electron chi connectivity index (χ2n) is 5.62. The van der Waals surface area contributed by atoms with Crippen LogP contribution in [-0.2, 0) is 0 Å². The standard InChI is InChI=1S/C15H23FN2O/c1-10-8-18(9-11(2)17(10)4)15-13(12(3)19)6-5-7-14(15)16/h5-7,10-12,19H,8-9H2,1-4H3. The van der Waals surface area contributed by atoms with Crippen molar-refractivity contribution in [2.24, 2.45) is 0 Å². The van der Waals surface area contributed by atoms with Crippen LogP contribution in [0, 0.1) is 5.82 Å². The van der Waals surface area contributed by atoms with E-state index in [0.29, 0.717) is 23.3 Å². The summed E-state index contributed by atoms with van der Waals surface area (Å²) in [6.07, 6.45) is -0.657. The second kappa shape index (κ2) is 5.47. The molecule has 106 valence electrons. The maximum absolute atomic E-state index is 14.2. The monoisotopic (exact) mass is 266 g/mol. The quantitative estimate of drug-likeness (QED) is 0.890. The van der Waals surface area contributed by atoms with Crippen LogP contribution in [0.15, 0.2) is 18.2 Å². The lowest BCUT2D eigenvalue weighted by Crippen LogP contribution is -2.55. The van der Waals surface area contributed by atoms with Gasteiger partial charge < -0.3 is 10.0 Å². The van der Waals surface area contributed by atoms with E-state index in [-0.39, 0.29) is 5.82 Å². The van der Waals surface area contributed by atoms with E-state index in [0.717, 1.165) is 13.1 Å². The number of hydrogen-bond acceptors (Lipinski definition) is 3. The summed E-state index contributed by atoms with van der Waals surface area (Å²) >= 11 is 0. The van der Waals surface area contributed by atoms with Gasteiger partial charge in [0.2, 0.25) is 0 Å². The first-order chi connectivity index (χ1) is 8.91. The molecule has 0 aromatic heterocycles. The minimum atomic E-state index is -0.657. The van der Waals surface area contributed by atoms with Crippen LogP contribution in [0.1, 0.15) is 32.4 Å². The van der Waals surface area contributed by atoms with Crippen molar-refractivity contribution >= 4 is 5.69 Å². The maximum atomic E-state index is 14.2. The van der Waals surface area contributed by atoms with E-state index >= 15 is 0 Å². The average Bonchev–Trinajstić information content (AvgIpc) is 2.35. The smallest absolute Gasteiger partial charge is 0.146 e. The molecule has 1 aliphatic heterocycles. The van der Waals surface area contributed by atoms with E-state index in [2.05, 4.69) is 30.7 Å². The van der Waals surface area contributed by atoms with Gasteiger partial charge in [0, 0.05) is 30.7 Å². The highest BCUT2D eigenvalue weighted by Gasteiger charge is 2.29. The Hall–Kier alpha value is -1.13. The van der Waals surface area contributed by atoms with Gasteiger partial charge in [-0.05, 0) is 33.9 Å². The van der Waals surface area contributed by atoms with Crippen LogP contribution in [0.5, 0.6) is 0 Å². The number of aliphatic hydroxyl groups is 1. The Morgan fingerprint density at radius 2 is 1.84 bits per heavy atom. The number of hydrogen-bond donors (Lipinski definition) is 1. The van der Waals surface area contributed by atoms with Crippen LogP contribution in [-0.4, -0.2) is 42.2 Å². The van der Waals surface area contributed by atoms with Crippen LogP contribution in [0.2, 0.25) is 0 Å². The fraction of sp³-hybridized carbons (Fsp3) is 0.600. The van der Waals surface area contributed by atoms with E-state index in [4.69, 9.17) is 0 Å². The highest BCUT2D eigenvalue weighted by Crippen LogP contribution is 2.31. The Bertz CT molecular complexity index is 438. The summed E-state index contributed by atoms with van der Waals surface area (Å²) in [5.41, 5.74) is 1.23. The predicted octanol–water partition coefficient (Wildman–Crippen LogP) is 2.41. The molecule has 0 bridgehead atoms. The van der Waals surface area contributed by atoms with Gasteiger partial charge >= 0.3 is 0 Å². The molecule has 1 fully saturated rings. The third-order valence-corrected chi connectivity index (χ3v) is 4.14. The molecule has 0 saturated carbocycles. The molecule has 0 amide bonds. The van der Waals surface area contributed by atoms with Crippen molar-refractivity contribution in [2.45, 2.75) is 39.0 Å². The number of para-hydroxylation sites is 1. The first kappa shape index (κ1) is 14.3. The first-order valence-corrected chi connectivity index (χ1v) is 6.85. The molecule has 2 rings (SSSR count). The molecule has 3 atom stereocenters. The Balaban J connectivity index is 2.36. The molecule has 3 nitrogen and oxygen atoms in total. The molecule has 0 radical (unpaired) electrons. The van der Waals surface area contributed by atoms with Crippen molar-refractivity contribution in [2.75, 3.05) is 25.0 Å². The molecule has 3 unspecified atom stereocenters. The lowest BCUT2D eigenvalue weighted by atomic mass is 10.0. The molecule has 1 aromatic rings. The van der Waals surface area contributed by atoms with E-state index in [9.17, 15) is 9.50 Å². The molecule has 1 aliphatic rings. The molecule has 1 aromatic carbocycles. The number of benzene rings is 1. The van der Waals surface area contributed by atoms with E-state index in [1.807, 2.05) is 0 Å². The van der Waals surface area contributed by atoms with Gasteiger partial charge in [0.25, 0.3) is 0 Å². The number of rotatable bonds is 2. The van der Waals surface area contributed by atoms with Crippen molar-refractivity contribution in [3.05, 3.63) is 29.6 Å². The summed E-state index contributed by atoms with van der Waals surface area (Å²) in [4.78, 5) is 4.37. The molecule has 4 heteroatoms. The molecule has 0 aliphatic carbocycles. The van der Waals surface area contributed by atoms with E-state index in [1.165, 1.54) is 6.07 Å². The van der Waals surface area contributed by atoms with Gasteiger partial charge in [-0.1, -0.05) is 12.1 Å². The Labute approximate surface area is 114 Å². The number of halogens is 1. The van der Waals surface area contributed by atoms with Crippen molar-refractivity contribution < 1.29 is 9.50 Å². The van der Waals surface area contributed by atoms with Crippen LogP contribution >= 0.6 is 0 Å². The lowest BCUT2D eigenvalue weighted by Gasteiger charge is -2.44. The van der Waals surface area contributed by atoms with Gasteiger partial charge in [0.05, 0.1) is 11.8 Å². The third-order valence-electron chi connectivity index (χ3n) is 4.14. The van der Waals surface area contributed by atoms with Gasteiger partial charge in [-0.3, -0.25) is 4.90 Å². The molecular weight excluding hydrogens is 243 g/mol. The maximum Gasteiger partial charge on any atom is 0.146 e. The molecule has 1 heterocycles. The van der Waals surface area contributed by atoms with Gasteiger partial charge in [-0.25, -0.2) is 4.39 Å². The van der Waals surface area contributed by atoms with E-state index in [1.54, 1.807) is 19.1 Å². The summed E-state index contributed by atoms with van der Waals surface area (Å²) in [5.74, 6) is -0.248. The number of nitrogens with zero attached hydrogens (tertiary/aromatic N) is 2. The Morgan fingerprint density at radius 3 is 2.37 bits per heavy atom. The van der Waals surface area contributed by atoms with Crippen LogP contribution in [0.3, 0.4) is 0 Å². The van der Waals surface area contributed by atoms with Crippen molar-refractivity contribution in [1.29, 1.82) is 0 Å². The molecule has 19 heavy (non-hydrogen) atoms. The minimum Gasteiger partial charge on any atom is -0.389 e. The molecule has 0 spiro atoms. The van der Waals surface area contributed by atoms with E-state index < -0.39 is 6.10 Å². The normalized spacial score (nSPS) is 26.5. The van der Waals surface area contributed by atoms with Crippen molar-refractivity contribution in [1.82, 2.24) is 4.90 Å². The van der Waals surface area contributed by atoms with Gasteiger partial charge in [0.1, 0.15) is 5.82 Å². The van der Waals surface area contributed by atoms with Crippen molar-refractivity contribution in [3.63, 3.8) is 0 Å². The number of aliphatic hydroxyl groups excluding tert-OH is 1. The zero-order chi connectivity index (χ0) is 14.2. The lowest BCUT2D eigenvalue weighted by molar-refractivity contribution is 0.167. The summed E-state index contributed by atoms with van der Waals surface area (Å²) < 4.78 is 14.2. The van der Waals surface area contributed by atoms with Gasteiger partial charge in [-0.15, -0.1) is 0 Å². The second-order valence-corrected chi connectivity index (χ2v) is 5.62. The highest BCUT2D eigenvalue weighted by atomic mass is 19.1. The zero-order valence-corrected chi connectivity index (χ0v) is 12.1. The Kier molecular flexibility index (Phi) is 4.11. The number of piperazine rings is 1.